The summed E-state index contributed by atoms with van der Waals surface area (Å²) in [5.74, 6) is 0.485. The molecule has 0 bridgehead atoms. The first-order chi connectivity index (χ1) is 12.8. The Balaban J connectivity index is 1.81. The van der Waals surface area contributed by atoms with E-state index in [-0.39, 0.29) is 17.8 Å². The van der Waals surface area contributed by atoms with Gasteiger partial charge in [-0.1, -0.05) is 0 Å². The number of nitrogens with zero attached hydrogens (tertiary/aromatic N) is 4. The van der Waals surface area contributed by atoms with Crippen molar-refractivity contribution in [3.63, 3.8) is 0 Å². The van der Waals surface area contributed by atoms with Crippen LogP contribution < -0.4 is 16.4 Å². The zero-order valence-electron chi connectivity index (χ0n) is 15.1. The summed E-state index contributed by atoms with van der Waals surface area (Å²) in [7, 11) is 1.66. The van der Waals surface area contributed by atoms with E-state index in [2.05, 4.69) is 30.5 Å². The van der Waals surface area contributed by atoms with Gasteiger partial charge in [-0.25, -0.2) is 9.97 Å². The molecule has 2 heterocycles. The molecule has 27 heavy (non-hydrogen) atoms. The molecule has 8 nitrogen and oxygen atoms in total. The van der Waals surface area contributed by atoms with Crippen LogP contribution in [0.2, 0.25) is 0 Å². The molecule has 1 fully saturated rings. The Morgan fingerprint density at radius 2 is 2.22 bits per heavy atom. The number of carbonyl (C=O) groups is 1. The van der Waals surface area contributed by atoms with Gasteiger partial charge in [0.25, 0.3) is 0 Å². The van der Waals surface area contributed by atoms with Crippen LogP contribution in [0.25, 0.3) is 0 Å². The van der Waals surface area contributed by atoms with Crippen LogP contribution >= 0.6 is 0 Å². The Labute approximate surface area is 155 Å². The van der Waals surface area contributed by atoms with E-state index in [9.17, 15) is 18.0 Å². The lowest BCUT2D eigenvalue weighted by Crippen LogP contribution is -2.48. The number of guanidine groups is 1. The number of piperidine rings is 1. The average molecular weight is 387 g/mol. The van der Waals surface area contributed by atoms with E-state index >= 15 is 0 Å². The van der Waals surface area contributed by atoms with Crippen molar-refractivity contribution in [1.82, 2.24) is 20.2 Å². The predicted molar refractivity (Wildman–Crippen MR) is 95.0 cm³/mol. The normalized spacial score (nSPS) is 18.3. The highest BCUT2D eigenvalue weighted by Crippen LogP contribution is 2.27. The number of amides is 1. The third-order valence-corrected chi connectivity index (χ3v) is 4.16. The second kappa shape index (κ2) is 9.38. The minimum atomic E-state index is -4.50. The first-order valence-electron chi connectivity index (χ1n) is 8.67. The SMILES string of the molecule is CN=C(NCCNc1nccc(C(F)(F)F)n1)N1CCCC(CC(N)=O)C1. The van der Waals surface area contributed by atoms with E-state index in [0.29, 0.717) is 32.0 Å². The smallest absolute Gasteiger partial charge is 0.370 e. The summed E-state index contributed by atoms with van der Waals surface area (Å²) < 4.78 is 37.9. The molecule has 0 radical (unpaired) electrons. The molecule has 1 atom stereocenters. The summed E-state index contributed by atoms with van der Waals surface area (Å²) in [5, 5.41) is 5.90. The molecule has 0 spiro atoms. The van der Waals surface area contributed by atoms with Crippen LogP contribution in [-0.2, 0) is 11.0 Å². The highest BCUT2D eigenvalue weighted by Gasteiger charge is 2.32. The molecule has 2 rings (SSSR count). The van der Waals surface area contributed by atoms with Crippen LogP contribution in [0.5, 0.6) is 0 Å². The molecule has 0 saturated carbocycles. The summed E-state index contributed by atoms with van der Waals surface area (Å²) in [6, 6.07) is 0.824. The number of hydrogen-bond donors (Lipinski definition) is 3. The van der Waals surface area contributed by atoms with E-state index in [4.69, 9.17) is 5.73 Å². The molecule has 0 aromatic carbocycles. The maximum absolute atomic E-state index is 12.6. The van der Waals surface area contributed by atoms with Gasteiger partial charge in [0.15, 0.2) is 5.96 Å². The molecule has 1 amide bonds. The second-order valence-electron chi connectivity index (χ2n) is 6.29. The number of rotatable bonds is 6. The van der Waals surface area contributed by atoms with E-state index < -0.39 is 11.9 Å². The fourth-order valence-electron chi connectivity index (χ4n) is 2.99. The predicted octanol–water partition coefficient (Wildman–Crippen LogP) is 1.07. The summed E-state index contributed by atoms with van der Waals surface area (Å²) in [6.07, 6.45) is -1.20. The number of likely N-dealkylation sites (tertiary alicyclic amines) is 1. The first kappa shape index (κ1) is 20.7. The van der Waals surface area contributed by atoms with Crippen molar-refractivity contribution < 1.29 is 18.0 Å². The first-order valence-corrected chi connectivity index (χ1v) is 8.67. The van der Waals surface area contributed by atoms with Crippen molar-refractivity contribution in [2.75, 3.05) is 38.5 Å². The standard InChI is InChI=1S/C16H24F3N7O/c1-21-15(26-8-2-3-11(10-26)9-13(20)27)24-7-6-23-14-22-5-4-12(25-14)16(17,18)19/h4-5,11H,2-3,6-10H2,1H3,(H2,20,27)(H,21,24)(H,22,23,25). The minimum Gasteiger partial charge on any atom is -0.370 e. The van der Waals surface area contributed by atoms with Gasteiger partial charge in [0.1, 0.15) is 5.69 Å². The van der Waals surface area contributed by atoms with Crippen LogP contribution in [0.1, 0.15) is 25.0 Å². The summed E-state index contributed by atoms with van der Waals surface area (Å²) in [4.78, 5) is 24.6. The molecule has 1 aromatic rings. The van der Waals surface area contributed by atoms with Gasteiger partial charge in [-0.05, 0) is 24.8 Å². The molecule has 4 N–H and O–H groups in total. The van der Waals surface area contributed by atoms with Gasteiger partial charge >= 0.3 is 6.18 Å². The lowest BCUT2D eigenvalue weighted by Gasteiger charge is -2.34. The molecule has 11 heteroatoms. The summed E-state index contributed by atoms with van der Waals surface area (Å²) >= 11 is 0. The molecular formula is C16H24F3N7O. The van der Waals surface area contributed by atoms with E-state index in [1.54, 1.807) is 7.05 Å². The summed E-state index contributed by atoms with van der Waals surface area (Å²) in [6.45, 7) is 2.24. The van der Waals surface area contributed by atoms with Crippen molar-refractivity contribution in [2.45, 2.75) is 25.4 Å². The van der Waals surface area contributed by atoms with Crippen molar-refractivity contribution in [1.29, 1.82) is 0 Å². The zero-order valence-corrected chi connectivity index (χ0v) is 15.1. The number of aliphatic imine (C=N–C) groups is 1. The fourth-order valence-corrected chi connectivity index (χ4v) is 2.99. The molecule has 1 unspecified atom stereocenters. The third kappa shape index (κ3) is 6.57. The number of hydrogen-bond acceptors (Lipinski definition) is 5. The van der Waals surface area contributed by atoms with Crippen molar-refractivity contribution in [2.24, 2.45) is 16.6 Å². The van der Waals surface area contributed by atoms with Gasteiger partial charge in [0.05, 0.1) is 0 Å². The Morgan fingerprint density at radius 1 is 1.44 bits per heavy atom. The van der Waals surface area contributed by atoms with Crippen molar-refractivity contribution in [3.8, 4) is 0 Å². The quantitative estimate of drug-likeness (QED) is 0.383. The van der Waals surface area contributed by atoms with Gasteiger partial charge < -0.3 is 21.3 Å². The van der Waals surface area contributed by atoms with Gasteiger partial charge in [-0.3, -0.25) is 9.79 Å². The van der Waals surface area contributed by atoms with Gasteiger partial charge in [-0.15, -0.1) is 0 Å². The largest absolute Gasteiger partial charge is 0.433 e. The van der Waals surface area contributed by atoms with Crippen LogP contribution in [-0.4, -0.2) is 60.0 Å². The van der Waals surface area contributed by atoms with Crippen LogP contribution in [0, 0.1) is 5.92 Å². The van der Waals surface area contributed by atoms with Crippen molar-refractivity contribution >= 4 is 17.8 Å². The molecule has 1 aliphatic rings. The molecule has 150 valence electrons. The van der Waals surface area contributed by atoms with Crippen LogP contribution in [0.4, 0.5) is 19.1 Å². The molecule has 1 aromatic heterocycles. The number of carbonyl (C=O) groups excluding carboxylic acids is 1. The highest BCUT2D eigenvalue weighted by molar-refractivity contribution is 5.80. The van der Waals surface area contributed by atoms with Gasteiger partial charge in [0, 0.05) is 45.8 Å². The fraction of sp³-hybridized carbons (Fsp3) is 0.625. The Bertz CT molecular complexity index is 666. The van der Waals surface area contributed by atoms with Gasteiger partial charge in [0.2, 0.25) is 11.9 Å². The van der Waals surface area contributed by atoms with E-state index in [0.717, 1.165) is 31.6 Å². The lowest BCUT2D eigenvalue weighted by molar-refractivity contribution is -0.141. The molecule has 1 aliphatic heterocycles. The number of primary amides is 1. The van der Waals surface area contributed by atoms with Crippen LogP contribution in [0.15, 0.2) is 17.3 Å². The molecular weight excluding hydrogens is 363 g/mol. The Kier molecular flexibility index (Phi) is 7.19. The van der Waals surface area contributed by atoms with Crippen molar-refractivity contribution in [3.05, 3.63) is 18.0 Å². The number of anilines is 1. The number of halogens is 3. The lowest BCUT2D eigenvalue weighted by atomic mass is 9.95. The van der Waals surface area contributed by atoms with Crippen LogP contribution in [0.3, 0.4) is 0 Å². The Morgan fingerprint density at radius 3 is 2.89 bits per heavy atom. The summed E-state index contributed by atoms with van der Waals surface area (Å²) in [5.41, 5.74) is 4.29. The van der Waals surface area contributed by atoms with E-state index in [1.165, 1.54) is 0 Å². The molecule has 1 saturated heterocycles. The number of alkyl halides is 3. The minimum absolute atomic E-state index is 0.0823. The van der Waals surface area contributed by atoms with Gasteiger partial charge in [-0.2, -0.15) is 13.2 Å². The topological polar surface area (TPSA) is 109 Å². The molecule has 0 aliphatic carbocycles. The maximum Gasteiger partial charge on any atom is 0.433 e. The number of nitrogens with two attached hydrogens (primary N) is 1. The average Bonchev–Trinajstić information content (AvgIpc) is 2.61. The highest BCUT2D eigenvalue weighted by atomic mass is 19.4. The van der Waals surface area contributed by atoms with E-state index in [1.807, 2.05) is 0 Å². The second-order valence-corrected chi connectivity index (χ2v) is 6.29. The maximum atomic E-state index is 12.6. The monoisotopic (exact) mass is 387 g/mol. The number of nitrogens with one attached hydrogen (secondary N) is 2. The zero-order chi connectivity index (χ0) is 19.9. The number of aromatic nitrogens is 2. The third-order valence-electron chi connectivity index (χ3n) is 4.16. The Hall–Kier alpha value is -2.59.